The lowest BCUT2D eigenvalue weighted by Gasteiger charge is -2.36. The number of rotatable bonds is 5. The van der Waals surface area contributed by atoms with Gasteiger partial charge >= 0.3 is 6.18 Å². The average Bonchev–Trinajstić information content (AvgIpc) is 2.38. The van der Waals surface area contributed by atoms with Gasteiger partial charge in [-0.15, -0.1) is 0 Å². The lowest BCUT2D eigenvalue weighted by atomic mass is 9.93. The van der Waals surface area contributed by atoms with Crippen molar-refractivity contribution in [3.63, 3.8) is 0 Å². The quantitative estimate of drug-likeness (QED) is 0.352. The monoisotopic (exact) mass is 281 g/mol. The Kier molecular flexibility index (Phi) is 5.90. The van der Waals surface area contributed by atoms with E-state index in [0.717, 1.165) is 32.1 Å². The van der Waals surface area contributed by atoms with E-state index in [1.54, 1.807) is 4.90 Å². The van der Waals surface area contributed by atoms with Crippen LogP contribution < -0.4 is 5.73 Å². The number of hydrogen-bond acceptors (Lipinski definition) is 3. The van der Waals surface area contributed by atoms with Gasteiger partial charge in [0.15, 0.2) is 5.84 Å². The van der Waals surface area contributed by atoms with Gasteiger partial charge in [-0.1, -0.05) is 31.3 Å². The summed E-state index contributed by atoms with van der Waals surface area (Å²) in [6.45, 7) is 2.14. The molecule has 4 nitrogen and oxygen atoms in total. The maximum Gasteiger partial charge on any atom is 0.400 e. The zero-order chi connectivity index (χ0) is 14.5. The molecule has 0 radical (unpaired) electrons. The second kappa shape index (κ2) is 6.98. The molecule has 1 atom stereocenters. The first kappa shape index (κ1) is 16.1. The second-order valence-electron chi connectivity index (χ2n) is 5.00. The number of nitrogens with zero attached hydrogens (tertiary/aromatic N) is 2. The van der Waals surface area contributed by atoms with Crippen molar-refractivity contribution in [2.24, 2.45) is 16.8 Å². The van der Waals surface area contributed by atoms with Crippen LogP contribution in [0.3, 0.4) is 0 Å². The first-order valence-electron chi connectivity index (χ1n) is 6.68. The molecular formula is C12H22F3N3O. The van der Waals surface area contributed by atoms with Crippen molar-refractivity contribution in [1.29, 1.82) is 0 Å². The molecule has 7 heteroatoms. The average molecular weight is 281 g/mol. The summed E-state index contributed by atoms with van der Waals surface area (Å²) in [4.78, 5) is 1.80. The van der Waals surface area contributed by atoms with Crippen LogP contribution in [0.2, 0.25) is 0 Å². The molecule has 19 heavy (non-hydrogen) atoms. The summed E-state index contributed by atoms with van der Waals surface area (Å²) in [5.74, 6) is -2.67. The summed E-state index contributed by atoms with van der Waals surface area (Å²) in [7, 11) is 0. The zero-order valence-electron chi connectivity index (χ0n) is 11.2. The molecule has 0 aromatic rings. The third-order valence-corrected chi connectivity index (χ3v) is 3.78. The standard InChI is InChI=1S/C12H22F3N3O/c1-2-18(9-6-4-3-5-7-9)8-10(11(16)17-19)12(13,14)15/h9-10,19H,2-8H2,1H3,(H2,16,17). The van der Waals surface area contributed by atoms with Crippen molar-refractivity contribution in [3.05, 3.63) is 0 Å². The van der Waals surface area contributed by atoms with Crippen LogP contribution in [0.25, 0.3) is 0 Å². The van der Waals surface area contributed by atoms with Crippen LogP contribution >= 0.6 is 0 Å². The maximum atomic E-state index is 12.9. The second-order valence-corrected chi connectivity index (χ2v) is 5.00. The van der Waals surface area contributed by atoms with E-state index in [0.29, 0.717) is 6.54 Å². The molecule has 3 N–H and O–H groups in total. The first-order valence-corrected chi connectivity index (χ1v) is 6.68. The van der Waals surface area contributed by atoms with Crippen molar-refractivity contribution in [2.45, 2.75) is 51.2 Å². The van der Waals surface area contributed by atoms with E-state index in [9.17, 15) is 13.2 Å². The van der Waals surface area contributed by atoms with Crippen LogP contribution in [0.1, 0.15) is 39.0 Å². The third kappa shape index (κ3) is 4.56. The smallest absolute Gasteiger partial charge is 0.400 e. The van der Waals surface area contributed by atoms with Crippen LogP contribution in [-0.2, 0) is 0 Å². The Morgan fingerprint density at radius 1 is 1.37 bits per heavy atom. The fraction of sp³-hybridized carbons (Fsp3) is 0.917. The van der Waals surface area contributed by atoms with Crippen LogP contribution in [0.15, 0.2) is 5.16 Å². The van der Waals surface area contributed by atoms with E-state index in [2.05, 4.69) is 5.16 Å². The summed E-state index contributed by atoms with van der Waals surface area (Å²) in [5, 5.41) is 11.0. The van der Waals surface area contributed by atoms with Gasteiger partial charge in [0.2, 0.25) is 0 Å². The summed E-state index contributed by atoms with van der Waals surface area (Å²) < 4.78 is 38.8. The molecule has 0 aromatic heterocycles. The molecule has 1 aliphatic carbocycles. The fourth-order valence-electron chi connectivity index (χ4n) is 2.65. The lowest BCUT2D eigenvalue weighted by Crippen LogP contribution is -2.48. The first-order chi connectivity index (χ1) is 8.90. The number of nitrogens with two attached hydrogens (primary N) is 1. The number of hydrogen-bond donors (Lipinski definition) is 2. The van der Waals surface area contributed by atoms with Gasteiger partial charge in [-0.3, -0.25) is 4.90 Å². The molecule has 0 saturated heterocycles. The number of alkyl halides is 3. The molecule has 112 valence electrons. The Hall–Kier alpha value is -0.980. The molecule has 1 aliphatic rings. The summed E-state index contributed by atoms with van der Waals surface area (Å²) in [6, 6.07) is 0.176. The topological polar surface area (TPSA) is 61.8 Å². The highest BCUT2D eigenvalue weighted by Gasteiger charge is 2.44. The largest absolute Gasteiger partial charge is 0.409 e. The van der Waals surface area contributed by atoms with Crippen LogP contribution in [-0.4, -0.2) is 41.3 Å². The Bertz CT molecular complexity index is 301. The van der Waals surface area contributed by atoms with E-state index < -0.39 is 17.9 Å². The summed E-state index contributed by atoms with van der Waals surface area (Å²) in [6.07, 6.45) is 0.626. The molecule has 0 spiro atoms. The number of halogens is 3. The van der Waals surface area contributed by atoms with Crippen molar-refractivity contribution >= 4 is 5.84 Å². The van der Waals surface area contributed by atoms with Gasteiger partial charge < -0.3 is 10.9 Å². The molecule has 0 heterocycles. The van der Waals surface area contributed by atoms with Gasteiger partial charge in [0.05, 0.1) is 0 Å². The molecule has 1 rings (SSSR count). The van der Waals surface area contributed by atoms with Crippen LogP contribution in [0.5, 0.6) is 0 Å². The molecule has 1 fully saturated rings. The SMILES string of the molecule is CCN(CC(C(N)=NO)C(F)(F)F)C1CCCCC1. The zero-order valence-corrected chi connectivity index (χ0v) is 11.2. The molecule has 0 aromatic carbocycles. The normalized spacial score (nSPS) is 20.8. The van der Waals surface area contributed by atoms with Crippen LogP contribution in [0, 0.1) is 5.92 Å². The maximum absolute atomic E-state index is 12.9. The van der Waals surface area contributed by atoms with E-state index in [-0.39, 0.29) is 12.6 Å². The van der Waals surface area contributed by atoms with E-state index in [1.807, 2.05) is 6.92 Å². The molecule has 0 amide bonds. The lowest BCUT2D eigenvalue weighted by molar-refractivity contribution is -0.161. The van der Waals surface area contributed by atoms with Crippen molar-refractivity contribution in [2.75, 3.05) is 13.1 Å². The minimum atomic E-state index is -4.49. The third-order valence-electron chi connectivity index (χ3n) is 3.78. The summed E-state index contributed by atoms with van der Waals surface area (Å²) in [5.41, 5.74) is 5.19. The predicted octanol–water partition coefficient (Wildman–Crippen LogP) is 2.57. The van der Waals surface area contributed by atoms with Crippen LogP contribution in [0.4, 0.5) is 13.2 Å². The van der Waals surface area contributed by atoms with Crippen molar-refractivity contribution in [1.82, 2.24) is 4.90 Å². The van der Waals surface area contributed by atoms with Gasteiger partial charge in [0.25, 0.3) is 0 Å². The molecule has 1 saturated carbocycles. The minimum Gasteiger partial charge on any atom is -0.409 e. The highest BCUT2D eigenvalue weighted by Crippen LogP contribution is 2.30. The number of oxime groups is 1. The molecule has 0 aliphatic heterocycles. The van der Waals surface area contributed by atoms with Gasteiger partial charge in [-0.25, -0.2) is 0 Å². The number of amidine groups is 1. The molecule has 0 bridgehead atoms. The Balaban J connectivity index is 2.74. The fourth-order valence-corrected chi connectivity index (χ4v) is 2.65. The Morgan fingerprint density at radius 3 is 2.37 bits per heavy atom. The predicted molar refractivity (Wildman–Crippen MR) is 67.1 cm³/mol. The van der Waals surface area contributed by atoms with Gasteiger partial charge in [-0.05, 0) is 19.4 Å². The molecule has 1 unspecified atom stereocenters. The molecular weight excluding hydrogens is 259 g/mol. The van der Waals surface area contributed by atoms with E-state index in [1.165, 1.54) is 0 Å². The van der Waals surface area contributed by atoms with E-state index in [4.69, 9.17) is 10.9 Å². The van der Waals surface area contributed by atoms with Gasteiger partial charge in [-0.2, -0.15) is 13.2 Å². The Labute approximate surface area is 111 Å². The summed E-state index contributed by atoms with van der Waals surface area (Å²) >= 11 is 0. The van der Waals surface area contributed by atoms with Gasteiger partial charge in [0, 0.05) is 12.6 Å². The highest BCUT2D eigenvalue weighted by molar-refractivity contribution is 5.83. The Morgan fingerprint density at radius 2 is 1.95 bits per heavy atom. The minimum absolute atomic E-state index is 0.176. The van der Waals surface area contributed by atoms with Gasteiger partial charge in [0.1, 0.15) is 5.92 Å². The van der Waals surface area contributed by atoms with Crippen molar-refractivity contribution in [3.8, 4) is 0 Å². The van der Waals surface area contributed by atoms with E-state index >= 15 is 0 Å². The van der Waals surface area contributed by atoms with Crippen molar-refractivity contribution < 1.29 is 18.4 Å². The highest BCUT2D eigenvalue weighted by atomic mass is 19.4.